The number of nitrogens with one attached hydrogen (secondary N) is 2. The number of ketones is 1. The number of Topliss-reactive ketones (excluding diaryl/α,β-unsaturated/α-hetero) is 1. The lowest BCUT2D eigenvalue weighted by Gasteiger charge is -2.38. The number of carbonyl (C=O) groups excluding carboxylic acids is 11. The van der Waals surface area contributed by atoms with E-state index in [1.807, 2.05) is 58.9 Å². The Bertz CT molecular complexity index is 2890. The number of thioether (sulfide) groups is 1. The molecule has 24 heteroatoms. The fourth-order valence-electron chi connectivity index (χ4n) is 11.9. The third-order valence-corrected chi connectivity index (χ3v) is 19.2. The molecule has 23 nitrogen and oxygen atoms in total. The SMILES string of the molecule is CC[C@H](C)[C@H]1C(=O)N[C@H](C(=O)N2CCCCC2)CSCC(=O)N(C)[C@@H](Cc2ccccc2)C(=O)N(C)[C@@H](C)C(=O)N(C)[C@@H](Cc2ccccc2)C(=O)N(C)[C@@H](CC(C)C)C(=O)C[C@@H]([C@@H](C)O)C(=O)N(C)CC(=O)N(C)[C@@H](CC(C)C)C(=O)N[C@@H](COC(C)(C)C)C(=O)N1C. The predicted octanol–water partition coefficient (Wildman–Crippen LogP) is 4.55. The van der Waals surface area contributed by atoms with Crippen molar-refractivity contribution in [1.29, 1.82) is 0 Å². The molecule has 2 fully saturated rings. The van der Waals surface area contributed by atoms with Gasteiger partial charge in [0.25, 0.3) is 0 Å². The van der Waals surface area contributed by atoms with Crippen molar-refractivity contribution < 1.29 is 62.6 Å². The van der Waals surface area contributed by atoms with E-state index in [1.165, 1.54) is 92.6 Å². The van der Waals surface area contributed by atoms with Crippen LogP contribution in [0.3, 0.4) is 0 Å². The molecule has 2 saturated heterocycles. The molecule has 0 spiro atoms. The number of likely N-dealkylation sites (tertiary alicyclic amines) is 1. The highest BCUT2D eigenvalue weighted by Crippen LogP contribution is 2.26. The molecule has 2 aliphatic heterocycles. The van der Waals surface area contributed by atoms with E-state index in [4.69, 9.17) is 4.74 Å². The summed E-state index contributed by atoms with van der Waals surface area (Å²) in [6.45, 7) is 19.3. The van der Waals surface area contributed by atoms with Crippen LogP contribution in [0.2, 0.25) is 0 Å². The number of carbonyl (C=O) groups is 11. The van der Waals surface area contributed by atoms with E-state index in [0.29, 0.717) is 25.1 Å². The second kappa shape index (κ2) is 36.8. The van der Waals surface area contributed by atoms with E-state index >= 15 is 24.0 Å². The Morgan fingerprint density at radius 2 is 1.11 bits per heavy atom. The van der Waals surface area contributed by atoms with Crippen LogP contribution in [0.5, 0.6) is 0 Å². The lowest BCUT2D eigenvalue weighted by molar-refractivity contribution is -0.153. The van der Waals surface area contributed by atoms with Gasteiger partial charge in [-0.3, -0.25) is 52.7 Å². The van der Waals surface area contributed by atoms with Gasteiger partial charge >= 0.3 is 0 Å². The highest BCUT2D eigenvalue weighted by Gasteiger charge is 2.43. The molecule has 2 aromatic rings. The molecular weight excluding hydrogens is 1220 g/mol. The summed E-state index contributed by atoms with van der Waals surface area (Å²) in [6.07, 6.45) is 1.15. The number of rotatable bonds is 14. The topological polar surface area (TPSA) is 267 Å². The molecule has 0 saturated carbocycles. The van der Waals surface area contributed by atoms with E-state index in [1.54, 1.807) is 69.0 Å². The smallest absolute Gasteiger partial charge is 0.247 e. The Kier molecular flexibility index (Phi) is 31.2. The molecule has 11 atom stereocenters. The summed E-state index contributed by atoms with van der Waals surface area (Å²) in [5.74, 6) is -9.31. The van der Waals surface area contributed by atoms with Crippen LogP contribution < -0.4 is 10.6 Å². The molecule has 10 amide bonds. The number of hydrogen-bond acceptors (Lipinski definition) is 14. The van der Waals surface area contributed by atoms with Crippen molar-refractivity contribution in [3.8, 4) is 0 Å². The van der Waals surface area contributed by atoms with E-state index in [9.17, 15) is 33.9 Å². The molecule has 2 heterocycles. The first-order valence-corrected chi connectivity index (χ1v) is 34.4. The molecule has 94 heavy (non-hydrogen) atoms. The average molecular weight is 1330 g/mol. The van der Waals surface area contributed by atoms with Gasteiger partial charge in [-0.15, -0.1) is 11.8 Å². The van der Waals surface area contributed by atoms with E-state index in [-0.39, 0.29) is 61.5 Å². The quantitative estimate of drug-likeness (QED) is 0.234. The van der Waals surface area contributed by atoms with Crippen LogP contribution in [0.25, 0.3) is 0 Å². The third kappa shape index (κ3) is 22.6. The zero-order chi connectivity index (χ0) is 70.6. The Labute approximate surface area is 563 Å². The lowest BCUT2D eigenvalue weighted by atomic mass is 9.89. The van der Waals surface area contributed by atoms with Gasteiger partial charge in [-0.25, -0.2) is 0 Å². The summed E-state index contributed by atoms with van der Waals surface area (Å²) in [5.41, 5.74) is 0.597. The molecule has 3 N–H and O–H groups in total. The van der Waals surface area contributed by atoms with Crippen molar-refractivity contribution >= 4 is 76.6 Å². The third-order valence-electron chi connectivity index (χ3n) is 18.2. The first-order valence-electron chi connectivity index (χ1n) is 33.3. The van der Waals surface area contributed by atoms with Gasteiger partial charge in [0, 0.05) is 87.4 Å². The van der Waals surface area contributed by atoms with Crippen LogP contribution >= 0.6 is 11.8 Å². The van der Waals surface area contributed by atoms with E-state index < -0.39 is 144 Å². The molecule has 0 radical (unpaired) electrons. The lowest BCUT2D eigenvalue weighted by Crippen LogP contribution is -2.61. The number of aliphatic hydroxyl groups excluding tert-OH is 1. The van der Waals surface area contributed by atoms with Gasteiger partial charge in [-0.1, -0.05) is 109 Å². The number of benzene rings is 2. The highest BCUT2D eigenvalue weighted by atomic mass is 32.2. The summed E-state index contributed by atoms with van der Waals surface area (Å²) < 4.78 is 6.16. The Balaban J connectivity index is 1.92. The summed E-state index contributed by atoms with van der Waals surface area (Å²) in [5, 5.41) is 17.1. The number of hydrogen-bond donors (Lipinski definition) is 3. The number of amides is 10. The first-order chi connectivity index (χ1) is 44.0. The summed E-state index contributed by atoms with van der Waals surface area (Å²) in [6, 6.07) is 8.32. The fraction of sp³-hybridized carbons (Fsp3) is 0.671. The predicted molar refractivity (Wildman–Crippen MR) is 363 cm³/mol. The van der Waals surface area contributed by atoms with Crippen molar-refractivity contribution in [2.75, 3.05) is 87.1 Å². The zero-order valence-corrected chi connectivity index (χ0v) is 60.0. The van der Waals surface area contributed by atoms with Gasteiger partial charge in [0.05, 0.1) is 42.6 Å². The van der Waals surface area contributed by atoms with Gasteiger partial charge in [0.1, 0.15) is 42.3 Å². The van der Waals surface area contributed by atoms with Crippen LogP contribution in [-0.4, -0.2) is 256 Å². The Morgan fingerprint density at radius 1 is 0.606 bits per heavy atom. The number of aliphatic hydroxyl groups is 1. The molecule has 0 unspecified atom stereocenters. The van der Waals surface area contributed by atoms with E-state index in [0.717, 1.165) is 41.5 Å². The van der Waals surface area contributed by atoms with Crippen LogP contribution in [0.1, 0.15) is 132 Å². The molecular formula is C70H110N10O13S. The Morgan fingerprint density at radius 3 is 1.62 bits per heavy atom. The van der Waals surface area contributed by atoms with Crippen molar-refractivity contribution in [3.63, 3.8) is 0 Å². The Hall–Kier alpha value is -6.92. The van der Waals surface area contributed by atoms with E-state index in [2.05, 4.69) is 10.6 Å². The van der Waals surface area contributed by atoms with Crippen LogP contribution in [0, 0.1) is 23.7 Å². The van der Waals surface area contributed by atoms with Crippen LogP contribution in [0.15, 0.2) is 60.7 Å². The largest absolute Gasteiger partial charge is 0.393 e. The minimum Gasteiger partial charge on any atom is -0.393 e. The fourth-order valence-corrected chi connectivity index (χ4v) is 12.9. The molecule has 0 aromatic heterocycles. The van der Waals surface area contributed by atoms with Crippen LogP contribution in [0.4, 0.5) is 0 Å². The highest BCUT2D eigenvalue weighted by molar-refractivity contribution is 8.00. The average Bonchev–Trinajstić information content (AvgIpc) is 0.842. The number of piperidine rings is 1. The summed E-state index contributed by atoms with van der Waals surface area (Å²) in [4.78, 5) is 174. The number of ether oxygens (including phenoxy) is 1. The zero-order valence-electron chi connectivity index (χ0n) is 59.2. The number of likely N-dealkylation sites (N-methyl/N-ethyl adjacent to an activating group) is 7. The van der Waals surface area contributed by atoms with Crippen molar-refractivity contribution in [2.24, 2.45) is 23.7 Å². The first kappa shape index (κ1) is 79.5. The molecule has 2 aliphatic rings. The maximum absolute atomic E-state index is 15.3. The summed E-state index contributed by atoms with van der Waals surface area (Å²) in [7, 11) is 10.1. The minimum absolute atomic E-state index is 0.000478. The maximum atomic E-state index is 15.3. The monoisotopic (exact) mass is 1330 g/mol. The van der Waals surface area contributed by atoms with Gasteiger partial charge < -0.3 is 59.7 Å². The molecule has 4 rings (SSSR count). The van der Waals surface area contributed by atoms with Crippen molar-refractivity contribution in [2.45, 2.75) is 194 Å². The minimum atomic E-state index is -1.42. The maximum Gasteiger partial charge on any atom is 0.247 e. The second-order valence-electron chi connectivity index (χ2n) is 27.7. The normalized spacial score (nSPS) is 25.5. The van der Waals surface area contributed by atoms with Crippen molar-refractivity contribution in [1.82, 2.24) is 49.8 Å². The number of nitrogens with zero attached hydrogens (tertiary/aromatic N) is 8. The molecule has 2 aromatic carbocycles. The van der Waals surface area contributed by atoms with Gasteiger partial charge in [0.15, 0.2) is 5.78 Å². The van der Waals surface area contributed by atoms with Gasteiger partial charge in [0.2, 0.25) is 59.1 Å². The van der Waals surface area contributed by atoms with Gasteiger partial charge in [-0.2, -0.15) is 0 Å². The molecule has 524 valence electrons. The van der Waals surface area contributed by atoms with Crippen LogP contribution in [-0.2, 0) is 70.3 Å². The molecule has 0 bridgehead atoms. The van der Waals surface area contributed by atoms with Gasteiger partial charge in [-0.05, 0) is 95.6 Å². The second-order valence-corrected chi connectivity index (χ2v) is 28.7. The summed E-state index contributed by atoms with van der Waals surface area (Å²) >= 11 is 1.09. The molecule has 0 aliphatic carbocycles. The van der Waals surface area contributed by atoms with Crippen molar-refractivity contribution in [3.05, 3.63) is 71.8 Å². The standard InChI is InChI=1S/C70H110N10O13S/c1-19-46(6)61-63(86)72-53(67(90)80-33-27-22-28-34-80)42-94-43-60(84)76(15)56(37-49-29-23-20-24-30-49)68(91)74(13)47(7)64(87)78(17)57(38-50-31-25-21-26-32-50)69(92)77(16)54(35-44(2)3)58(82)39-51(48(8)81)65(88)73(12)40-59(83)75(14)55(36-45(4)5)62(85)71-52(66(89)79(61)18)41-93-70(9,10)11/h20-21,23-26,29-32,44-48,51-57,61,81H,19,22,27-28,33-43H2,1-18H3,(H,71,85)(H,72,86)/t46-,47-,48+,51-,52-,53-,54-,55-,56-,57-,61-/m0/s1.